The van der Waals surface area contributed by atoms with Gasteiger partial charge in [-0.05, 0) is 80.4 Å². The van der Waals surface area contributed by atoms with Crippen LogP contribution in [0.1, 0.15) is 34.0 Å². The molecule has 0 spiro atoms. The lowest BCUT2D eigenvalue weighted by Crippen LogP contribution is -2.31. The zero-order valence-electron chi connectivity index (χ0n) is 19.3. The summed E-state index contributed by atoms with van der Waals surface area (Å²) in [5, 5.41) is 0.264. The second-order valence-corrected chi connectivity index (χ2v) is 9.83. The molecule has 0 aliphatic rings. The van der Waals surface area contributed by atoms with Gasteiger partial charge in [0.1, 0.15) is 18.2 Å². The van der Waals surface area contributed by atoms with Gasteiger partial charge in [0, 0.05) is 12.1 Å². The van der Waals surface area contributed by atoms with Gasteiger partial charge in [-0.2, -0.15) is 0 Å². The van der Waals surface area contributed by atoms with Crippen molar-refractivity contribution in [1.29, 1.82) is 0 Å². The highest BCUT2D eigenvalue weighted by Gasteiger charge is 2.26. The van der Waals surface area contributed by atoms with E-state index < -0.39 is 21.8 Å². The molecule has 180 valence electrons. The molecule has 0 N–H and O–H groups in total. The highest BCUT2D eigenvalue weighted by atomic mass is 35.5. The molecule has 0 heterocycles. The summed E-state index contributed by atoms with van der Waals surface area (Å²) in [6, 6.07) is 13.7. The van der Waals surface area contributed by atoms with Crippen LogP contribution in [-0.4, -0.2) is 28.0 Å². The van der Waals surface area contributed by atoms with Crippen molar-refractivity contribution < 1.29 is 27.1 Å². The van der Waals surface area contributed by atoms with Gasteiger partial charge in [0.15, 0.2) is 0 Å². The van der Waals surface area contributed by atoms with Crippen molar-refractivity contribution in [3.8, 4) is 5.75 Å². The summed E-state index contributed by atoms with van der Waals surface area (Å²) in [4.78, 5) is 12.1. The van der Waals surface area contributed by atoms with E-state index in [1.807, 2.05) is 0 Å². The zero-order valence-corrected chi connectivity index (χ0v) is 20.8. The number of nitrogens with zero attached hydrogens (tertiary/aromatic N) is 1. The van der Waals surface area contributed by atoms with Crippen LogP contribution in [0.4, 0.5) is 10.1 Å². The van der Waals surface area contributed by atoms with Gasteiger partial charge in [0.25, 0.3) is 10.0 Å². The molecule has 0 aliphatic heterocycles. The van der Waals surface area contributed by atoms with Crippen molar-refractivity contribution in [3.63, 3.8) is 0 Å². The van der Waals surface area contributed by atoms with E-state index in [0.717, 1.165) is 0 Å². The standard InChI is InChI=1S/C25H25ClFNO5S/c1-5-28(34(30,31)20-13-16(2)17(3)21(14-20)25(29)32-4)18-9-11-19(12-10-18)33-15-22-23(26)7-6-8-24(22)27/h6-14H,5,15H2,1-4H3. The molecule has 3 aromatic rings. The Hall–Kier alpha value is -3.10. The van der Waals surface area contributed by atoms with Gasteiger partial charge in [-0.3, -0.25) is 4.31 Å². The van der Waals surface area contributed by atoms with Crippen LogP contribution < -0.4 is 9.04 Å². The Labute approximate surface area is 203 Å². The average Bonchev–Trinajstić information content (AvgIpc) is 2.81. The molecule has 0 radical (unpaired) electrons. The van der Waals surface area contributed by atoms with E-state index in [2.05, 4.69) is 0 Å². The third-order valence-corrected chi connectivity index (χ3v) is 7.73. The molecule has 0 amide bonds. The smallest absolute Gasteiger partial charge is 0.338 e. The number of halogens is 2. The van der Waals surface area contributed by atoms with Gasteiger partial charge in [-0.25, -0.2) is 17.6 Å². The molecule has 0 aliphatic carbocycles. The van der Waals surface area contributed by atoms with Crippen molar-refractivity contribution in [3.05, 3.63) is 87.7 Å². The first kappa shape index (κ1) is 25.5. The van der Waals surface area contributed by atoms with Gasteiger partial charge >= 0.3 is 5.97 Å². The Balaban J connectivity index is 1.87. The van der Waals surface area contributed by atoms with E-state index in [1.165, 1.54) is 35.7 Å². The SMILES string of the molecule is CCN(c1ccc(OCc2c(F)cccc2Cl)cc1)S(=O)(=O)c1cc(C)c(C)c(C(=O)OC)c1. The molecule has 0 atom stereocenters. The molecule has 0 saturated carbocycles. The van der Waals surface area contributed by atoms with E-state index in [0.29, 0.717) is 22.6 Å². The fourth-order valence-corrected chi connectivity index (χ4v) is 5.25. The van der Waals surface area contributed by atoms with Crippen molar-refractivity contribution in [2.75, 3.05) is 18.0 Å². The Morgan fingerprint density at radius 3 is 2.35 bits per heavy atom. The topological polar surface area (TPSA) is 72.9 Å². The molecule has 6 nitrogen and oxygen atoms in total. The third kappa shape index (κ3) is 5.18. The summed E-state index contributed by atoms with van der Waals surface area (Å²) in [5.74, 6) is -0.639. The van der Waals surface area contributed by atoms with Crippen LogP contribution in [-0.2, 0) is 21.4 Å². The number of carbonyl (C=O) groups is 1. The Morgan fingerprint density at radius 1 is 1.09 bits per heavy atom. The number of carbonyl (C=O) groups excluding carboxylic acids is 1. The molecular weight excluding hydrogens is 481 g/mol. The number of esters is 1. The van der Waals surface area contributed by atoms with Crippen molar-refractivity contribution in [2.45, 2.75) is 32.3 Å². The van der Waals surface area contributed by atoms with Gasteiger partial charge in [0.05, 0.1) is 28.3 Å². The average molecular weight is 506 g/mol. The lowest BCUT2D eigenvalue weighted by Gasteiger charge is -2.24. The van der Waals surface area contributed by atoms with Crippen LogP contribution in [0, 0.1) is 19.7 Å². The molecule has 9 heteroatoms. The van der Waals surface area contributed by atoms with E-state index in [-0.39, 0.29) is 34.2 Å². The van der Waals surface area contributed by atoms with Gasteiger partial charge in [-0.15, -0.1) is 0 Å². The third-order valence-electron chi connectivity index (χ3n) is 5.49. The summed E-state index contributed by atoms with van der Waals surface area (Å²) in [6.45, 7) is 5.28. The van der Waals surface area contributed by atoms with Crippen LogP contribution in [0.2, 0.25) is 5.02 Å². The Kier molecular flexibility index (Phi) is 7.84. The number of anilines is 1. The summed E-state index contributed by atoms with van der Waals surface area (Å²) in [7, 11) is -2.72. The number of hydrogen-bond donors (Lipinski definition) is 0. The summed E-state index contributed by atoms with van der Waals surface area (Å²) < 4.78 is 52.5. The summed E-state index contributed by atoms with van der Waals surface area (Å²) in [6.07, 6.45) is 0. The molecule has 0 bridgehead atoms. The maximum absolute atomic E-state index is 13.9. The molecule has 0 unspecified atom stereocenters. The van der Waals surface area contributed by atoms with Crippen molar-refractivity contribution in [1.82, 2.24) is 0 Å². The minimum Gasteiger partial charge on any atom is -0.489 e. The molecule has 3 rings (SSSR count). The normalized spacial score (nSPS) is 11.2. The molecule has 0 fully saturated rings. The minimum absolute atomic E-state index is 0.00706. The van der Waals surface area contributed by atoms with Crippen LogP contribution >= 0.6 is 11.6 Å². The second kappa shape index (κ2) is 10.4. The second-order valence-electron chi connectivity index (χ2n) is 7.56. The first-order chi connectivity index (χ1) is 16.1. The predicted molar refractivity (Wildman–Crippen MR) is 130 cm³/mol. The molecule has 0 saturated heterocycles. The number of rotatable bonds is 8. The van der Waals surface area contributed by atoms with Crippen molar-refractivity contribution in [2.24, 2.45) is 0 Å². The largest absolute Gasteiger partial charge is 0.489 e. The number of ether oxygens (including phenoxy) is 2. The highest BCUT2D eigenvalue weighted by Crippen LogP contribution is 2.29. The maximum atomic E-state index is 13.9. The predicted octanol–water partition coefficient (Wildman–Crippen LogP) is 5.68. The lowest BCUT2D eigenvalue weighted by molar-refractivity contribution is 0.0599. The minimum atomic E-state index is -3.97. The maximum Gasteiger partial charge on any atom is 0.338 e. The first-order valence-electron chi connectivity index (χ1n) is 10.5. The summed E-state index contributed by atoms with van der Waals surface area (Å²) >= 11 is 6.03. The number of methoxy groups -OCH3 is 1. The van der Waals surface area contributed by atoms with Crippen molar-refractivity contribution >= 4 is 33.3 Å². The van der Waals surface area contributed by atoms with Gasteiger partial charge in [0.2, 0.25) is 0 Å². The first-order valence-corrected chi connectivity index (χ1v) is 12.3. The van der Waals surface area contributed by atoms with Gasteiger partial charge in [-0.1, -0.05) is 17.7 Å². The number of hydrogen-bond acceptors (Lipinski definition) is 5. The van der Waals surface area contributed by atoms with Crippen LogP contribution in [0.15, 0.2) is 59.5 Å². The van der Waals surface area contributed by atoms with E-state index >= 15 is 0 Å². The quantitative estimate of drug-likeness (QED) is 0.368. The van der Waals surface area contributed by atoms with E-state index in [9.17, 15) is 17.6 Å². The fraction of sp³-hybridized carbons (Fsp3) is 0.240. The van der Waals surface area contributed by atoms with Crippen LogP contribution in [0.3, 0.4) is 0 Å². The highest BCUT2D eigenvalue weighted by molar-refractivity contribution is 7.92. The van der Waals surface area contributed by atoms with E-state index in [4.69, 9.17) is 21.1 Å². The molecule has 0 aromatic heterocycles. The number of sulfonamides is 1. The van der Waals surface area contributed by atoms with Gasteiger partial charge < -0.3 is 9.47 Å². The van der Waals surface area contributed by atoms with Crippen LogP contribution in [0.25, 0.3) is 0 Å². The van der Waals surface area contributed by atoms with E-state index in [1.54, 1.807) is 51.1 Å². The number of aryl methyl sites for hydroxylation is 1. The summed E-state index contributed by atoms with van der Waals surface area (Å²) in [5.41, 5.74) is 2.17. The molecular formula is C25H25ClFNO5S. The Bertz CT molecular complexity index is 1290. The molecule has 3 aromatic carbocycles. The monoisotopic (exact) mass is 505 g/mol. The Morgan fingerprint density at radius 2 is 1.76 bits per heavy atom. The molecule has 34 heavy (non-hydrogen) atoms. The number of benzene rings is 3. The van der Waals surface area contributed by atoms with Crippen LogP contribution in [0.5, 0.6) is 5.75 Å². The zero-order chi connectivity index (χ0) is 25.0. The fourth-order valence-electron chi connectivity index (χ4n) is 3.45. The lowest BCUT2D eigenvalue weighted by atomic mass is 10.0.